The topological polar surface area (TPSA) is 49.4 Å². The number of nitrogens with one attached hydrogen (secondary N) is 1. The summed E-state index contributed by atoms with van der Waals surface area (Å²) in [7, 11) is 0. The van der Waals surface area contributed by atoms with Crippen LogP contribution in [-0.2, 0) is 9.59 Å². The number of allylic oxidation sites excluding steroid dienone is 2. The SMILES string of the molecule is O=C1NCCN(C(=O)C2CC=CC2)[C@@H]1c1ccccc1Cl. The average molecular weight is 305 g/mol. The van der Waals surface area contributed by atoms with Crippen molar-refractivity contribution in [2.24, 2.45) is 5.92 Å². The predicted molar refractivity (Wildman–Crippen MR) is 80.8 cm³/mol. The molecule has 110 valence electrons. The van der Waals surface area contributed by atoms with Gasteiger partial charge in [-0.3, -0.25) is 9.59 Å². The van der Waals surface area contributed by atoms with Crippen molar-refractivity contribution in [3.63, 3.8) is 0 Å². The summed E-state index contributed by atoms with van der Waals surface area (Å²) in [5.41, 5.74) is 0.690. The number of nitrogens with zero attached hydrogens (tertiary/aromatic N) is 1. The van der Waals surface area contributed by atoms with Gasteiger partial charge in [-0.05, 0) is 18.9 Å². The second-order valence-electron chi connectivity index (χ2n) is 5.39. The first-order valence-corrected chi connectivity index (χ1v) is 7.54. The van der Waals surface area contributed by atoms with Gasteiger partial charge < -0.3 is 10.2 Å². The molecule has 1 atom stereocenters. The molecule has 0 unspecified atom stereocenters. The lowest BCUT2D eigenvalue weighted by Gasteiger charge is -2.37. The number of hydrogen-bond acceptors (Lipinski definition) is 2. The Morgan fingerprint density at radius 1 is 1.24 bits per heavy atom. The minimum absolute atomic E-state index is 0.0408. The molecule has 0 saturated carbocycles. The Kier molecular flexibility index (Phi) is 3.97. The summed E-state index contributed by atoms with van der Waals surface area (Å²) < 4.78 is 0. The summed E-state index contributed by atoms with van der Waals surface area (Å²) in [5, 5.41) is 3.34. The first kappa shape index (κ1) is 14.1. The van der Waals surface area contributed by atoms with Crippen LogP contribution in [0, 0.1) is 5.92 Å². The van der Waals surface area contributed by atoms with Gasteiger partial charge in [-0.15, -0.1) is 0 Å². The molecule has 3 rings (SSSR count). The van der Waals surface area contributed by atoms with Gasteiger partial charge >= 0.3 is 0 Å². The molecule has 5 heteroatoms. The molecule has 1 aromatic rings. The highest BCUT2D eigenvalue weighted by Crippen LogP contribution is 2.32. The number of amides is 2. The van der Waals surface area contributed by atoms with E-state index in [1.54, 1.807) is 11.0 Å². The Morgan fingerprint density at radius 3 is 2.67 bits per heavy atom. The Morgan fingerprint density at radius 2 is 1.95 bits per heavy atom. The quantitative estimate of drug-likeness (QED) is 0.852. The minimum Gasteiger partial charge on any atom is -0.352 e. The third-order valence-electron chi connectivity index (χ3n) is 4.05. The number of piperazine rings is 1. The van der Waals surface area contributed by atoms with Gasteiger partial charge in [0, 0.05) is 29.6 Å². The van der Waals surface area contributed by atoms with Crippen LogP contribution in [0.3, 0.4) is 0 Å². The molecule has 0 spiro atoms. The number of rotatable bonds is 2. The molecule has 1 saturated heterocycles. The van der Waals surface area contributed by atoms with Crippen molar-refractivity contribution >= 4 is 23.4 Å². The zero-order valence-corrected chi connectivity index (χ0v) is 12.3. The van der Waals surface area contributed by atoms with E-state index in [-0.39, 0.29) is 17.7 Å². The van der Waals surface area contributed by atoms with Gasteiger partial charge in [0.15, 0.2) is 0 Å². The molecule has 1 aromatic carbocycles. The van der Waals surface area contributed by atoms with Crippen molar-refractivity contribution in [2.45, 2.75) is 18.9 Å². The normalized spacial score (nSPS) is 22.4. The maximum absolute atomic E-state index is 12.7. The molecular weight excluding hydrogens is 288 g/mol. The second-order valence-corrected chi connectivity index (χ2v) is 5.79. The van der Waals surface area contributed by atoms with E-state index in [1.165, 1.54) is 0 Å². The highest BCUT2D eigenvalue weighted by molar-refractivity contribution is 6.31. The third-order valence-corrected chi connectivity index (χ3v) is 4.40. The number of carbonyl (C=O) groups excluding carboxylic acids is 2. The number of benzene rings is 1. The Bertz CT molecular complexity index is 592. The fraction of sp³-hybridized carbons (Fsp3) is 0.375. The molecule has 1 fully saturated rings. The van der Waals surface area contributed by atoms with Gasteiger partial charge in [-0.1, -0.05) is 42.0 Å². The van der Waals surface area contributed by atoms with Crippen molar-refractivity contribution in [3.05, 3.63) is 47.0 Å². The van der Waals surface area contributed by atoms with Crippen LogP contribution in [0.4, 0.5) is 0 Å². The van der Waals surface area contributed by atoms with Crippen LogP contribution in [0.5, 0.6) is 0 Å². The Balaban J connectivity index is 1.91. The van der Waals surface area contributed by atoms with E-state index in [1.807, 2.05) is 30.4 Å². The molecule has 0 aromatic heterocycles. The van der Waals surface area contributed by atoms with Gasteiger partial charge in [-0.25, -0.2) is 0 Å². The minimum atomic E-state index is -0.624. The molecule has 1 aliphatic heterocycles. The van der Waals surface area contributed by atoms with Crippen LogP contribution in [0.1, 0.15) is 24.4 Å². The van der Waals surface area contributed by atoms with Gasteiger partial charge in [0.05, 0.1) is 0 Å². The summed E-state index contributed by atoms with van der Waals surface area (Å²) in [6.45, 7) is 1.02. The molecule has 1 heterocycles. The van der Waals surface area contributed by atoms with Crippen LogP contribution in [0.15, 0.2) is 36.4 Å². The number of hydrogen-bond donors (Lipinski definition) is 1. The van der Waals surface area contributed by atoms with E-state index < -0.39 is 6.04 Å². The van der Waals surface area contributed by atoms with Gasteiger partial charge in [0.25, 0.3) is 0 Å². The summed E-state index contributed by atoms with van der Waals surface area (Å²) in [5.74, 6) is -0.158. The van der Waals surface area contributed by atoms with E-state index in [0.29, 0.717) is 23.7 Å². The van der Waals surface area contributed by atoms with Crippen LogP contribution >= 0.6 is 11.6 Å². The van der Waals surface area contributed by atoms with Crippen molar-refractivity contribution in [1.29, 1.82) is 0 Å². The van der Waals surface area contributed by atoms with Crippen LogP contribution in [0.2, 0.25) is 5.02 Å². The van der Waals surface area contributed by atoms with E-state index in [4.69, 9.17) is 11.6 Å². The van der Waals surface area contributed by atoms with Crippen LogP contribution in [-0.4, -0.2) is 29.8 Å². The van der Waals surface area contributed by atoms with Crippen LogP contribution < -0.4 is 5.32 Å². The van der Waals surface area contributed by atoms with Crippen molar-refractivity contribution < 1.29 is 9.59 Å². The largest absolute Gasteiger partial charge is 0.352 e. The molecule has 21 heavy (non-hydrogen) atoms. The van der Waals surface area contributed by atoms with Gasteiger partial charge in [0.1, 0.15) is 6.04 Å². The van der Waals surface area contributed by atoms with E-state index in [9.17, 15) is 9.59 Å². The van der Waals surface area contributed by atoms with Crippen molar-refractivity contribution in [2.75, 3.05) is 13.1 Å². The van der Waals surface area contributed by atoms with Crippen LogP contribution in [0.25, 0.3) is 0 Å². The molecule has 1 aliphatic carbocycles. The highest BCUT2D eigenvalue weighted by atomic mass is 35.5. The second kappa shape index (κ2) is 5.90. The highest BCUT2D eigenvalue weighted by Gasteiger charge is 2.37. The summed E-state index contributed by atoms with van der Waals surface area (Å²) in [6, 6.07) is 6.59. The first-order valence-electron chi connectivity index (χ1n) is 7.16. The number of carbonyl (C=O) groups is 2. The smallest absolute Gasteiger partial charge is 0.247 e. The monoisotopic (exact) mass is 304 g/mol. The summed E-state index contributed by atoms with van der Waals surface area (Å²) in [6.07, 6.45) is 5.56. The molecule has 2 aliphatic rings. The summed E-state index contributed by atoms with van der Waals surface area (Å²) in [4.78, 5) is 26.7. The Hall–Kier alpha value is -1.81. The fourth-order valence-electron chi connectivity index (χ4n) is 2.96. The lowest BCUT2D eigenvalue weighted by atomic mass is 9.98. The van der Waals surface area contributed by atoms with E-state index >= 15 is 0 Å². The molecule has 1 N–H and O–H groups in total. The average Bonchev–Trinajstić information content (AvgIpc) is 3.01. The van der Waals surface area contributed by atoms with Gasteiger partial charge in [-0.2, -0.15) is 0 Å². The number of halogens is 1. The van der Waals surface area contributed by atoms with Gasteiger partial charge in [0.2, 0.25) is 11.8 Å². The lowest BCUT2D eigenvalue weighted by molar-refractivity contribution is -0.146. The van der Waals surface area contributed by atoms with E-state index in [2.05, 4.69) is 5.32 Å². The predicted octanol–water partition coefficient (Wildman–Crippen LogP) is 2.31. The fourth-order valence-corrected chi connectivity index (χ4v) is 3.20. The molecule has 0 radical (unpaired) electrons. The standard InChI is InChI=1S/C16H17ClN2O2/c17-13-8-4-3-7-12(13)14-15(20)18-9-10-19(14)16(21)11-5-1-2-6-11/h1-4,7-8,11,14H,5-6,9-10H2,(H,18,20)/t14-/m1/s1. The maximum atomic E-state index is 12.7. The first-order chi connectivity index (χ1) is 10.2. The Labute approximate surface area is 128 Å². The van der Waals surface area contributed by atoms with Crippen molar-refractivity contribution in [1.82, 2.24) is 10.2 Å². The van der Waals surface area contributed by atoms with Crippen molar-refractivity contribution in [3.8, 4) is 0 Å². The molecule has 4 nitrogen and oxygen atoms in total. The summed E-state index contributed by atoms with van der Waals surface area (Å²) >= 11 is 6.22. The molecule has 0 bridgehead atoms. The third kappa shape index (κ3) is 2.68. The lowest BCUT2D eigenvalue weighted by Crippen LogP contribution is -2.53. The zero-order chi connectivity index (χ0) is 14.8. The van der Waals surface area contributed by atoms with E-state index in [0.717, 1.165) is 12.8 Å². The zero-order valence-electron chi connectivity index (χ0n) is 11.6. The molecule has 2 amide bonds. The molecular formula is C16H17ClN2O2. The maximum Gasteiger partial charge on any atom is 0.247 e.